The van der Waals surface area contributed by atoms with Gasteiger partial charge in [-0.15, -0.1) is 11.3 Å². The van der Waals surface area contributed by atoms with Gasteiger partial charge in [-0.2, -0.15) is 0 Å². The zero-order valence-electron chi connectivity index (χ0n) is 15.1. The van der Waals surface area contributed by atoms with Crippen LogP contribution in [0.25, 0.3) is 0 Å². The van der Waals surface area contributed by atoms with E-state index in [0.29, 0.717) is 23.8 Å². The minimum absolute atomic E-state index is 0.0839. The predicted molar refractivity (Wildman–Crippen MR) is 107 cm³/mol. The van der Waals surface area contributed by atoms with E-state index < -0.39 is 0 Å². The Kier molecular flexibility index (Phi) is 5.49. The summed E-state index contributed by atoms with van der Waals surface area (Å²) in [5.74, 6) is 1.33. The molecule has 0 spiro atoms. The molecule has 0 unspecified atom stereocenters. The Morgan fingerprint density at radius 1 is 1.11 bits per heavy atom. The van der Waals surface area contributed by atoms with Gasteiger partial charge in [0.15, 0.2) is 0 Å². The highest BCUT2D eigenvalue weighted by Crippen LogP contribution is 2.28. The van der Waals surface area contributed by atoms with Crippen molar-refractivity contribution in [2.75, 3.05) is 13.1 Å². The van der Waals surface area contributed by atoms with Crippen molar-refractivity contribution in [1.29, 1.82) is 0 Å². The zero-order valence-corrected chi connectivity index (χ0v) is 15.9. The van der Waals surface area contributed by atoms with Crippen LogP contribution < -0.4 is 4.74 Å². The van der Waals surface area contributed by atoms with Crippen LogP contribution in [0.5, 0.6) is 5.75 Å². The van der Waals surface area contributed by atoms with Gasteiger partial charge in [0.2, 0.25) is 0 Å². The van der Waals surface area contributed by atoms with E-state index in [-0.39, 0.29) is 5.91 Å². The van der Waals surface area contributed by atoms with Gasteiger partial charge in [0.25, 0.3) is 5.91 Å². The first-order valence-electron chi connectivity index (χ1n) is 9.24. The molecule has 1 fully saturated rings. The summed E-state index contributed by atoms with van der Waals surface area (Å²) < 4.78 is 5.78. The maximum Gasteiger partial charge on any atom is 0.253 e. The van der Waals surface area contributed by atoms with Crippen LogP contribution in [0.1, 0.15) is 40.4 Å². The Bertz CT molecular complexity index is 872. The van der Waals surface area contributed by atoms with Crippen LogP contribution in [0.2, 0.25) is 0 Å². The van der Waals surface area contributed by atoms with Gasteiger partial charge in [0.05, 0.1) is 11.2 Å². The Balaban J connectivity index is 1.36. The molecule has 0 atom stereocenters. The maximum absolute atomic E-state index is 12.9. The number of ether oxygens (including phenoxy) is 1. The molecule has 1 aromatic heterocycles. The quantitative estimate of drug-likeness (QED) is 0.644. The highest BCUT2D eigenvalue weighted by atomic mass is 32.1. The third-order valence-corrected chi connectivity index (χ3v) is 5.64. The van der Waals surface area contributed by atoms with Gasteiger partial charge in [0, 0.05) is 24.0 Å². The Morgan fingerprint density at radius 2 is 1.93 bits per heavy atom. The van der Waals surface area contributed by atoms with E-state index >= 15 is 0 Å². The molecule has 2 aromatic carbocycles. The summed E-state index contributed by atoms with van der Waals surface area (Å²) in [4.78, 5) is 19.1. The highest BCUT2D eigenvalue weighted by molar-refractivity contribution is 7.07. The number of thiazole rings is 1. The number of carbonyl (C=O) groups is 1. The lowest BCUT2D eigenvalue weighted by Crippen LogP contribution is -2.37. The molecule has 1 aliphatic heterocycles. The fourth-order valence-electron chi connectivity index (χ4n) is 3.51. The van der Waals surface area contributed by atoms with Crippen molar-refractivity contribution in [3.8, 4) is 5.75 Å². The van der Waals surface area contributed by atoms with Crippen molar-refractivity contribution >= 4 is 17.2 Å². The fourth-order valence-corrected chi connectivity index (χ4v) is 4.05. The van der Waals surface area contributed by atoms with Crippen LogP contribution in [0.4, 0.5) is 0 Å². The molecule has 0 saturated carbocycles. The maximum atomic E-state index is 12.9. The fraction of sp³-hybridized carbons (Fsp3) is 0.273. The number of benzene rings is 2. The molecule has 3 aromatic rings. The molecular weight excluding hydrogens is 356 g/mol. The molecule has 2 heterocycles. The van der Waals surface area contributed by atoms with Crippen LogP contribution >= 0.6 is 11.3 Å². The van der Waals surface area contributed by atoms with E-state index in [1.165, 1.54) is 5.56 Å². The average Bonchev–Trinajstić information content (AvgIpc) is 3.26. The lowest BCUT2D eigenvalue weighted by molar-refractivity contribution is 0.0712. The SMILES string of the molecule is O=C(c1cccc(OCc2cscn2)c1)N1CCC(c2ccccc2)CC1. The second-order valence-corrected chi connectivity index (χ2v) is 7.49. The van der Waals surface area contributed by atoms with Crippen molar-refractivity contribution < 1.29 is 9.53 Å². The second kappa shape index (κ2) is 8.35. The molecule has 1 amide bonds. The Morgan fingerprint density at radius 3 is 2.67 bits per heavy atom. The largest absolute Gasteiger partial charge is 0.487 e. The van der Waals surface area contributed by atoms with Crippen molar-refractivity contribution in [3.05, 3.63) is 82.3 Å². The van der Waals surface area contributed by atoms with Gasteiger partial charge < -0.3 is 9.64 Å². The summed E-state index contributed by atoms with van der Waals surface area (Å²) in [5.41, 5.74) is 4.75. The van der Waals surface area contributed by atoms with Gasteiger partial charge in [0.1, 0.15) is 12.4 Å². The van der Waals surface area contributed by atoms with Crippen molar-refractivity contribution in [2.45, 2.75) is 25.4 Å². The standard InChI is InChI=1S/C22H22N2O2S/c25-22(24-11-9-18(10-12-24)17-5-2-1-3-6-17)19-7-4-8-21(13-19)26-14-20-15-27-16-23-20/h1-8,13,15-16,18H,9-12,14H2. The topological polar surface area (TPSA) is 42.4 Å². The smallest absolute Gasteiger partial charge is 0.253 e. The number of rotatable bonds is 5. The predicted octanol–water partition coefficient (Wildman–Crippen LogP) is 4.74. The van der Waals surface area contributed by atoms with Crippen LogP contribution in [-0.2, 0) is 6.61 Å². The van der Waals surface area contributed by atoms with Gasteiger partial charge in [-0.3, -0.25) is 4.79 Å². The van der Waals surface area contributed by atoms with Gasteiger partial charge in [-0.05, 0) is 42.5 Å². The summed E-state index contributed by atoms with van der Waals surface area (Å²) in [6, 6.07) is 18.0. The molecular formula is C22H22N2O2S. The summed E-state index contributed by atoms with van der Waals surface area (Å²) >= 11 is 1.55. The third-order valence-electron chi connectivity index (χ3n) is 5.00. The van der Waals surface area contributed by atoms with E-state index in [1.807, 2.05) is 40.6 Å². The number of nitrogens with zero attached hydrogens (tertiary/aromatic N) is 2. The van der Waals surface area contributed by atoms with Crippen LogP contribution in [0.15, 0.2) is 65.5 Å². The number of amides is 1. The zero-order chi connectivity index (χ0) is 18.5. The monoisotopic (exact) mass is 378 g/mol. The molecule has 5 heteroatoms. The molecule has 1 aliphatic rings. The summed E-state index contributed by atoms with van der Waals surface area (Å²) in [7, 11) is 0. The first kappa shape index (κ1) is 17.7. The highest BCUT2D eigenvalue weighted by Gasteiger charge is 2.24. The third kappa shape index (κ3) is 4.37. The van der Waals surface area contributed by atoms with Crippen LogP contribution in [0, 0.1) is 0 Å². The van der Waals surface area contributed by atoms with E-state index in [4.69, 9.17) is 4.74 Å². The first-order chi connectivity index (χ1) is 13.3. The molecule has 0 N–H and O–H groups in total. The molecule has 138 valence electrons. The minimum Gasteiger partial charge on any atom is -0.487 e. The van der Waals surface area contributed by atoms with Crippen LogP contribution in [0.3, 0.4) is 0 Å². The number of hydrogen-bond donors (Lipinski definition) is 0. The van der Waals surface area contributed by atoms with E-state index in [1.54, 1.807) is 16.8 Å². The van der Waals surface area contributed by atoms with Crippen molar-refractivity contribution in [3.63, 3.8) is 0 Å². The number of hydrogen-bond acceptors (Lipinski definition) is 4. The van der Waals surface area contributed by atoms with E-state index in [2.05, 4.69) is 29.2 Å². The number of carbonyl (C=O) groups excluding carboxylic acids is 1. The summed E-state index contributed by atoms with van der Waals surface area (Å²) in [5, 5.41) is 1.96. The molecule has 1 saturated heterocycles. The van der Waals surface area contributed by atoms with Crippen molar-refractivity contribution in [1.82, 2.24) is 9.88 Å². The Hall–Kier alpha value is -2.66. The number of aromatic nitrogens is 1. The van der Waals surface area contributed by atoms with Crippen LogP contribution in [-0.4, -0.2) is 28.9 Å². The van der Waals surface area contributed by atoms with E-state index in [9.17, 15) is 4.79 Å². The lowest BCUT2D eigenvalue weighted by atomic mass is 9.89. The lowest BCUT2D eigenvalue weighted by Gasteiger charge is -2.32. The molecule has 27 heavy (non-hydrogen) atoms. The minimum atomic E-state index is 0.0839. The first-order valence-corrected chi connectivity index (χ1v) is 10.2. The average molecular weight is 378 g/mol. The normalized spacial score (nSPS) is 14.9. The Labute approximate surface area is 163 Å². The number of likely N-dealkylation sites (tertiary alicyclic amines) is 1. The molecule has 4 rings (SSSR count). The molecule has 0 radical (unpaired) electrons. The molecule has 0 bridgehead atoms. The molecule has 0 aliphatic carbocycles. The summed E-state index contributed by atoms with van der Waals surface area (Å²) in [6.07, 6.45) is 2.02. The van der Waals surface area contributed by atoms with Crippen molar-refractivity contribution in [2.24, 2.45) is 0 Å². The second-order valence-electron chi connectivity index (χ2n) is 6.77. The van der Waals surface area contributed by atoms with Gasteiger partial charge in [-0.25, -0.2) is 4.98 Å². The summed E-state index contributed by atoms with van der Waals surface area (Å²) in [6.45, 7) is 2.01. The van der Waals surface area contributed by atoms with Gasteiger partial charge in [-0.1, -0.05) is 36.4 Å². The van der Waals surface area contributed by atoms with Gasteiger partial charge >= 0.3 is 0 Å². The molecule has 4 nitrogen and oxygen atoms in total. The number of piperidine rings is 1. The van der Waals surface area contributed by atoms with E-state index in [0.717, 1.165) is 31.6 Å².